The van der Waals surface area contributed by atoms with Gasteiger partial charge in [0.2, 0.25) is 0 Å². The fraction of sp³-hybridized carbons (Fsp3) is 0.300. The molecule has 0 amide bonds. The van der Waals surface area contributed by atoms with E-state index in [9.17, 15) is 0 Å². The fourth-order valence-electron chi connectivity index (χ4n) is 0.951. The van der Waals surface area contributed by atoms with Crippen LogP contribution in [0.3, 0.4) is 0 Å². The van der Waals surface area contributed by atoms with E-state index in [1.165, 1.54) is 5.56 Å². The summed E-state index contributed by atoms with van der Waals surface area (Å²) in [5.74, 6) is 0.908. The first kappa shape index (κ1) is 14.2. The van der Waals surface area contributed by atoms with Crippen LogP contribution in [0.1, 0.15) is 11.1 Å². The van der Waals surface area contributed by atoms with Gasteiger partial charge in [-0.15, -0.1) is 11.6 Å². The first-order valence-corrected chi connectivity index (χ1v) is 3.27. The predicted octanol–water partition coefficient (Wildman–Crippen LogP) is 2.56. The van der Waals surface area contributed by atoms with Crippen molar-refractivity contribution in [2.45, 2.75) is 13.8 Å². The Labute approximate surface area is 89.4 Å². The van der Waals surface area contributed by atoms with Crippen LogP contribution >= 0.6 is 0 Å². The minimum Gasteiger partial charge on any atom is -0.554 e. The number of ether oxygens (including phenoxy) is 1. The molecule has 0 radical (unpaired) electrons. The maximum Gasteiger partial charge on any atom is 2.00 e. The maximum atomic E-state index is 5.07. The third-order valence-corrected chi connectivity index (χ3v) is 1.47. The molecule has 1 nitrogen and oxygen atoms in total. The molecule has 0 N–H and O–H groups in total. The Hall–Kier alpha value is -0.292. The average Bonchev–Trinajstić information content (AvgIpc) is 1.88. The van der Waals surface area contributed by atoms with E-state index in [2.05, 4.69) is 12.1 Å². The number of hydrogen-bond acceptors (Lipinski definition) is 1. The Balaban J connectivity index is 0. The average molecular weight is 334 g/mol. The fourth-order valence-corrected chi connectivity index (χ4v) is 0.951. The first-order chi connectivity index (χ1) is 4.74. The molecule has 66 valence electrons. The van der Waals surface area contributed by atoms with Gasteiger partial charge in [0.15, 0.2) is 0 Å². The van der Waals surface area contributed by atoms with Crippen molar-refractivity contribution in [3.05, 3.63) is 36.8 Å². The van der Waals surface area contributed by atoms with E-state index >= 15 is 0 Å². The first-order valence-electron chi connectivity index (χ1n) is 3.27. The second-order valence-electron chi connectivity index (χ2n) is 2.37. The monoisotopic (exact) mass is 334 g/mol. The summed E-state index contributed by atoms with van der Waals surface area (Å²) >= 11 is 0. The van der Waals surface area contributed by atoms with Crippen LogP contribution < -0.4 is 4.74 Å². The largest absolute Gasteiger partial charge is 2.00 e. The van der Waals surface area contributed by atoms with Crippen molar-refractivity contribution in [3.8, 4) is 5.75 Å². The van der Waals surface area contributed by atoms with Gasteiger partial charge in [-0.1, -0.05) is 13.8 Å². The SMILES string of the molecule is COc1c[c-]c(C)cc1C.[CH3-].[W+2]. The summed E-state index contributed by atoms with van der Waals surface area (Å²) in [5.41, 5.74) is 2.32. The molecule has 0 unspecified atom stereocenters. The van der Waals surface area contributed by atoms with Crippen molar-refractivity contribution in [3.63, 3.8) is 0 Å². The van der Waals surface area contributed by atoms with Crippen LogP contribution in [0, 0.1) is 27.3 Å². The van der Waals surface area contributed by atoms with Crippen molar-refractivity contribution in [2.75, 3.05) is 7.11 Å². The Morgan fingerprint density at radius 2 is 1.92 bits per heavy atom. The van der Waals surface area contributed by atoms with E-state index in [-0.39, 0.29) is 28.5 Å². The van der Waals surface area contributed by atoms with Crippen LogP contribution in [0.15, 0.2) is 12.1 Å². The molecule has 0 heterocycles. The van der Waals surface area contributed by atoms with Gasteiger partial charge >= 0.3 is 21.1 Å². The summed E-state index contributed by atoms with van der Waals surface area (Å²) in [6.07, 6.45) is 0. The minimum absolute atomic E-state index is 0. The third kappa shape index (κ3) is 3.40. The molecule has 12 heavy (non-hydrogen) atoms. The number of benzene rings is 1. The van der Waals surface area contributed by atoms with Crippen molar-refractivity contribution in [1.29, 1.82) is 0 Å². The molecule has 1 aromatic rings. The van der Waals surface area contributed by atoms with E-state index in [0.29, 0.717) is 0 Å². The normalized spacial score (nSPS) is 7.92. The molecule has 0 bridgehead atoms. The van der Waals surface area contributed by atoms with Gasteiger partial charge in [0.05, 0.1) is 7.11 Å². The molecule has 0 aliphatic carbocycles. The van der Waals surface area contributed by atoms with E-state index in [4.69, 9.17) is 4.74 Å². The van der Waals surface area contributed by atoms with Crippen LogP contribution in [0.2, 0.25) is 0 Å². The van der Waals surface area contributed by atoms with Gasteiger partial charge in [-0.3, -0.25) is 0 Å². The molecular formula is C10H14OW. The number of hydrogen-bond donors (Lipinski definition) is 0. The summed E-state index contributed by atoms with van der Waals surface area (Å²) in [6, 6.07) is 6.99. The quantitative estimate of drug-likeness (QED) is 0.718. The van der Waals surface area contributed by atoms with Crippen LogP contribution in [-0.4, -0.2) is 7.11 Å². The molecule has 0 spiro atoms. The molecule has 1 rings (SSSR count). The molecule has 2 heteroatoms. The van der Waals surface area contributed by atoms with Gasteiger partial charge in [-0.2, -0.15) is 17.7 Å². The zero-order chi connectivity index (χ0) is 7.56. The summed E-state index contributed by atoms with van der Waals surface area (Å²) in [4.78, 5) is 0. The van der Waals surface area contributed by atoms with Crippen LogP contribution in [0.25, 0.3) is 0 Å². The molecule has 0 atom stereocenters. The molecule has 0 aromatic heterocycles. The van der Waals surface area contributed by atoms with Gasteiger partial charge in [0.1, 0.15) is 0 Å². The zero-order valence-corrected chi connectivity index (χ0v) is 10.9. The molecule has 0 aliphatic rings. The number of rotatable bonds is 1. The Kier molecular flexibility index (Phi) is 7.42. The Morgan fingerprint density at radius 3 is 2.33 bits per heavy atom. The summed E-state index contributed by atoms with van der Waals surface area (Å²) in [7, 11) is 1.67. The van der Waals surface area contributed by atoms with Crippen LogP contribution in [-0.2, 0) is 21.1 Å². The molecule has 0 fully saturated rings. The minimum atomic E-state index is 0. The van der Waals surface area contributed by atoms with Gasteiger partial charge in [0, 0.05) is 5.75 Å². The second-order valence-corrected chi connectivity index (χ2v) is 2.37. The van der Waals surface area contributed by atoms with Gasteiger partial charge in [0.25, 0.3) is 0 Å². The van der Waals surface area contributed by atoms with E-state index in [1.807, 2.05) is 19.9 Å². The Bertz CT molecular complexity index is 233. The van der Waals surface area contributed by atoms with Crippen molar-refractivity contribution in [1.82, 2.24) is 0 Å². The number of aryl methyl sites for hydroxylation is 2. The molecule has 0 saturated heterocycles. The van der Waals surface area contributed by atoms with Crippen LogP contribution in [0.4, 0.5) is 0 Å². The van der Waals surface area contributed by atoms with Gasteiger partial charge < -0.3 is 12.2 Å². The van der Waals surface area contributed by atoms with Gasteiger partial charge in [-0.25, -0.2) is 0 Å². The number of methoxy groups -OCH3 is 1. The maximum absolute atomic E-state index is 5.07. The Morgan fingerprint density at radius 1 is 1.33 bits per heavy atom. The van der Waals surface area contributed by atoms with E-state index < -0.39 is 0 Å². The predicted molar refractivity (Wildman–Crippen MR) is 47.7 cm³/mol. The van der Waals surface area contributed by atoms with Crippen molar-refractivity contribution >= 4 is 0 Å². The molecule has 0 saturated carbocycles. The van der Waals surface area contributed by atoms with Crippen molar-refractivity contribution in [2.24, 2.45) is 0 Å². The van der Waals surface area contributed by atoms with Crippen molar-refractivity contribution < 1.29 is 25.8 Å². The second kappa shape index (κ2) is 6.25. The van der Waals surface area contributed by atoms with E-state index in [0.717, 1.165) is 11.3 Å². The standard InChI is InChI=1S/C9H11O.CH3.W/c1-7-4-5-9(10-3)8(2)6-7;;/h5-6H,1-3H3;1H3;/q2*-1;+2. The van der Waals surface area contributed by atoms with E-state index in [1.54, 1.807) is 7.11 Å². The smallest absolute Gasteiger partial charge is 0.554 e. The molecule has 0 aliphatic heterocycles. The zero-order valence-electron chi connectivity index (χ0n) is 7.97. The van der Waals surface area contributed by atoms with Gasteiger partial charge in [-0.05, 0) is 0 Å². The summed E-state index contributed by atoms with van der Waals surface area (Å²) in [5, 5.41) is 0. The summed E-state index contributed by atoms with van der Waals surface area (Å²) in [6.45, 7) is 4.05. The summed E-state index contributed by atoms with van der Waals surface area (Å²) < 4.78 is 5.07. The topological polar surface area (TPSA) is 9.23 Å². The molecular weight excluding hydrogens is 320 g/mol. The van der Waals surface area contributed by atoms with Crippen LogP contribution in [0.5, 0.6) is 5.75 Å². The molecule has 1 aromatic carbocycles. The third-order valence-electron chi connectivity index (χ3n) is 1.47.